The molecule has 0 unspecified atom stereocenters. The average molecular weight is 380 g/mol. The molecule has 1 aromatic heterocycles. The van der Waals surface area contributed by atoms with Crippen molar-refractivity contribution in [3.8, 4) is 0 Å². The highest BCUT2D eigenvalue weighted by atomic mass is 35.5. The van der Waals surface area contributed by atoms with E-state index < -0.39 is 0 Å². The number of carbonyl (C=O) groups is 1. The molecule has 0 bridgehead atoms. The summed E-state index contributed by atoms with van der Waals surface area (Å²) in [6, 6.07) is 7.45. The van der Waals surface area contributed by atoms with Crippen LogP contribution < -0.4 is 10.2 Å². The van der Waals surface area contributed by atoms with Gasteiger partial charge >= 0.3 is 0 Å². The van der Waals surface area contributed by atoms with Crippen LogP contribution in [0.5, 0.6) is 0 Å². The van der Waals surface area contributed by atoms with Crippen molar-refractivity contribution in [2.75, 3.05) is 42.9 Å². The Kier molecular flexibility index (Phi) is 5.94. The molecule has 1 aliphatic heterocycles. The van der Waals surface area contributed by atoms with Crippen LogP contribution in [0.3, 0.4) is 0 Å². The van der Waals surface area contributed by atoms with Crippen molar-refractivity contribution < 1.29 is 4.79 Å². The lowest BCUT2D eigenvalue weighted by Crippen LogP contribution is -2.46. The molecule has 1 fully saturated rings. The van der Waals surface area contributed by atoms with Gasteiger partial charge in [-0.25, -0.2) is 9.97 Å². The molecule has 0 spiro atoms. The summed E-state index contributed by atoms with van der Waals surface area (Å²) >= 11 is 12.1. The van der Waals surface area contributed by atoms with Crippen molar-refractivity contribution in [2.24, 2.45) is 0 Å². The second-order valence-electron chi connectivity index (χ2n) is 5.80. The predicted molar refractivity (Wildman–Crippen MR) is 101 cm³/mol. The molecule has 25 heavy (non-hydrogen) atoms. The van der Waals surface area contributed by atoms with Gasteiger partial charge in [-0.1, -0.05) is 29.3 Å². The predicted octanol–water partition coefficient (Wildman–Crippen LogP) is 2.72. The topological polar surface area (TPSA) is 61.4 Å². The van der Waals surface area contributed by atoms with Gasteiger partial charge in [0.1, 0.15) is 18.0 Å². The van der Waals surface area contributed by atoms with E-state index in [0.717, 1.165) is 43.1 Å². The van der Waals surface area contributed by atoms with Gasteiger partial charge in [0.2, 0.25) is 6.41 Å². The van der Waals surface area contributed by atoms with Crippen LogP contribution in [0.2, 0.25) is 10.0 Å². The van der Waals surface area contributed by atoms with E-state index in [4.69, 9.17) is 23.2 Å². The SMILES string of the molecule is O=CN1CCN(c2cc(NCCc3ccc(Cl)cc3Cl)ncn2)CC1. The quantitative estimate of drug-likeness (QED) is 0.781. The largest absolute Gasteiger partial charge is 0.370 e. The number of hydrogen-bond donors (Lipinski definition) is 1. The molecule has 0 saturated carbocycles. The number of nitrogens with zero attached hydrogens (tertiary/aromatic N) is 4. The molecule has 1 N–H and O–H groups in total. The fourth-order valence-corrected chi connectivity index (χ4v) is 3.23. The number of halogens is 2. The van der Waals surface area contributed by atoms with Crippen molar-refractivity contribution in [1.29, 1.82) is 0 Å². The first kappa shape index (κ1) is 17.8. The standard InChI is InChI=1S/C17H19Cl2N5O/c18-14-2-1-13(15(19)9-14)3-4-20-16-10-17(22-11-21-16)24-7-5-23(12-25)6-8-24/h1-2,9-12H,3-8H2,(H,20,21,22). The summed E-state index contributed by atoms with van der Waals surface area (Å²) in [7, 11) is 0. The Labute approximate surface area is 156 Å². The van der Waals surface area contributed by atoms with Gasteiger partial charge in [0.15, 0.2) is 0 Å². The van der Waals surface area contributed by atoms with Crippen molar-refractivity contribution in [3.05, 3.63) is 46.2 Å². The minimum Gasteiger partial charge on any atom is -0.370 e. The van der Waals surface area contributed by atoms with E-state index >= 15 is 0 Å². The van der Waals surface area contributed by atoms with E-state index in [2.05, 4.69) is 20.2 Å². The number of piperazine rings is 1. The molecule has 1 aliphatic rings. The van der Waals surface area contributed by atoms with Crippen LogP contribution in [-0.2, 0) is 11.2 Å². The summed E-state index contributed by atoms with van der Waals surface area (Å²) in [5, 5.41) is 4.61. The molecule has 3 rings (SSSR count). The van der Waals surface area contributed by atoms with Crippen LogP contribution in [0, 0.1) is 0 Å². The lowest BCUT2D eigenvalue weighted by molar-refractivity contribution is -0.118. The normalized spacial score (nSPS) is 14.5. The third-order valence-electron chi connectivity index (χ3n) is 4.16. The lowest BCUT2D eigenvalue weighted by atomic mass is 10.1. The number of hydrogen-bond acceptors (Lipinski definition) is 5. The van der Waals surface area contributed by atoms with Crippen molar-refractivity contribution in [2.45, 2.75) is 6.42 Å². The molecule has 0 radical (unpaired) electrons. The van der Waals surface area contributed by atoms with Crippen molar-refractivity contribution in [1.82, 2.24) is 14.9 Å². The van der Waals surface area contributed by atoms with E-state index in [9.17, 15) is 4.79 Å². The molecule has 8 heteroatoms. The summed E-state index contributed by atoms with van der Waals surface area (Å²) in [4.78, 5) is 23.3. The molecule has 1 aromatic carbocycles. The molecule has 1 saturated heterocycles. The number of amides is 1. The summed E-state index contributed by atoms with van der Waals surface area (Å²) in [5.41, 5.74) is 1.04. The molecule has 0 aliphatic carbocycles. The maximum Gasteiger partial charge on any atom is 0.209 e. The monoisotopic (exact) mass is 379 g/mol. The fourth-order valence-electron chi connectivity index (χ4n) is 2.72. The van der Waals surface area contributed by atoms with Crippen LogP contribution in [0.25, 0.3) is 0 Å². The Morgan fingerprint density at radius 2 is 1.92 bits per heavy atom. The zero-order chi connectivity index (χ0) is 17.6. The zero-order valence-electron chi connectivity index (χ0n) is 13.7. The maximum absolute atomic E-state index is 10.8. The molecule has 0 atom stereocenters. The van der Waals surface area contributed by atoms with Gasteiger partial charge in [-0.05, 0) is 24.1 Å². The van der Waals surface area contributed by atoms with E-state index in [1.54, 1.807) is 17.3 Å². The average Bonchev–Trinajstić information content (AvgIpc) is 2.64. The second-order valence-corrected chi connectivity index (χ2v) is 6.65. The maximum atomic E-state index is 10.8. The second kappa shape index (κ2) is 8.36. The molecule has 1 amide bonds. The molecule has 2 heterocycles. The molecule has 6 nitrogen and oxygen atoms in total. The number of nitrogens with one attached hydrogen (secondary N) is 1. The van der Waals surface area contributed by atoms with Crippen LogP contribution in [-0.4, -0.2) is 54.0 Å². The Hall–Kier alpha value is -2.05. The van der Waals surface area contributed by atoms with Gasteiger partial charge in [0.05, 0.1) is 0 Å². The van der Waals surface area contributed by atoms with Gasteiger partial charge in [-0.15, -0.1) is 0 Å². The fraction of sp³-hybridized carbons (Fsp3) is 0.353. The number of anilines is 2. The van der Waals surface area contributed by atoms with Crippen LogP contribution in [0.1, 0.15) is 5.56 Å². The van der Waals surface area contributed by atoms with Crippen LogP contribution in [0.15, 0.2) is 30.6 Å². The van der Waals surface area contributed by atoms with Gasteiger partial charge in [-0.2, -0.15) is 0 Å². The van der Waals surface area contributed by atoms with E-state index in [1.165, 1.54) is 0 Å². The van der Waals surface area contributed by atoms with Crippen molar-refractivity contribution >= 4 is 41.2 Å². The van der Waals surface area contributed by atoms with E-state index in [0.29, 0.717) is 29.7 Å². The Balaban J connectivity index is 1.56. The Morgan fingerprint density at radius 3 is 2.64 bits per heavy atom. The lowest BCUT2D eigenvalue weighted by Gasteiger charge is -2.33. The number of benzene rings is 1. The first-order chi connectivity index (χ1) is 12.2. The minimum atomic E-state index is 0.636. The smallest absolute Gasteiger partial charge is 0.209 e. The highest BCUT2D eigenvalue weighted by Gasteiger charge is 2.17. The number of aromatic nitrogens is 2. The number of carbonyl (C=O) groups excluding carboxylic acids is 1. The first-order valence-corrected chi connectivity index (χ1v) is 8.85. The minimum absolute atomic E-state index is 0.636. The number of rotatable bonds is 6. The van der Waals surface area contributed by atoms with E-state index in [1.807, 2.05) is 18.2 Å². The van der Waals surface area contributed by atoms with Crippen LogP contribution >= 0.6 is 23.2 Å². The van der Waals surface area contributed by atoms with Gasteiger partial charge in [0, 0.05) is 48.8 Å². The van der Waals surface area contributed by atoms with Gasteiger partial charge < -0.3 is 15.1 Å². The molecular weight excluding hydrogens is 361 g/mol. The Morgan fingerprint density at radius 1 is 1.12 bits per heavy atom. The highest BCUT2D eigenvalue weighted by Crippen LogP contribution is 2.21. The third kappa shape index (κ3) is 4.74. The molecule has 2 aromatic rings. The third-order valence-corrected chi connectivity index (χ3v) is 4.74. The molecular formula is C17H19Cl2N5O. The van der Waals surface area contributed by atoms with Crippen molar-refractivity contribution in [3.63, 3.8) is 0 Å². The summed E-state index contributed by atoms with van der Waals surface area (Å²) in [6.45, 7) is 3.68. The van der Waals surface area contributed by atoms with Gasteiger partial charge in [-0.3, -0.25) is 4.79 Å². The highest BCUT2D eigenvalue weighted by molar-refractivity contribution is 6.35. The van der Waals surface area contributed by atoms with E-state index in [-0.39, 0.29) is 0 Å². The first-order valence-electron chi connectivity index (χ1n) is 8.10. The zero-order valence-corrected chi connectivity index (χ0v) is 15.2. The summed E-state index contributed by atoms with van der Waals surface area (Å²) in [5.74, 6) is 1.64. The summed E-state index contributed by atoms with van der Waals surface area (Å²) < 4.78 is 0. The summed E-state index contributed by atoms with van der Waals surface area (Å²) in [6.07, 6.45) is 3.22. The van der Waals surface area contributed by atoms with Gasteiger partial charge in [0.25, 0.3) is 0 Å². The molecule has 132 valence electrons. The van der Waals surface area contributed by atoms with Crippen LogP contribution in [0.4, 0.5) is 11.6 Å². The Bertz CT molecular complexity index is 735.